The lowest BCUT2D eigenvalue weighted by molar-refractivity contribution is 1.11. The fourth-order valence-electron chi connectivity index (χ4n) is 1.90. The van der Waals surface area contributed by atoms with E-state index in [0.29, 0.717) is 0 Å². The molecule has 1 aromatic carbocycles. The van der Waals surface area contributed by atoms with Crippen LogP contribution in [0.25, 0.3) is 11.0 Å². The number of nitrogens with zero attached hydrogens (tertiary/aromatic N) is 3. The molecule has 0 unspecified atom stereocenters. The minimum absolute atomic E-state index is 0.859. The van der Waals surface area contributed by atoms with Gasteiger partial charge in [-0.05, 0) is 18.2 Å². The first-order chi connectivity index (χ1) is 8.36. The molecule has 0 saturated carbocycles. The SMILES string of the molecule is CN(c1ccccc1)c1ncnc2[nH]ccc12. The highest BCUT2D eigenvalue weighted by molar-refractivity contribution is 5.89. The van der Waals surface area contributed by atoms with Crippen molar-refractivity contribution in [2.24, 2.45) is 0 Å². The number of hydrogen-bond donors (Lipinski definition) is 1. The van der Waals surface area contributed by atoms with Crippen LogP contribution in [0.3, 0.4) is 0 Å². The molecule has 0 saturated heterocycles. The molecule has 84 valence electrons. The first-order valence-electron chi connectivity index (χ1n) is 5.43. The highest BCUT2D eigenvalue weighted by atomic mass is 15.2. The van der Waals surface area contributed by atoms with Gasteiger partial charge in [0.2, 0.25) is 0 Å². The Labute approximate surface area is 98.9 Å². The maximum absolute atomic E-state index is 4.35. The van der Waals surface area contributed by atoms with Crippen LogP contribution in [-0.4, -0.2) is 22.0 Å². The van der Waals surface area contributed by atoms with E-state index in [-0.39, 0.29) is 0 Å². The van der Waals surface area contributed by atoms with Gasteiger partial charge in [0.1, 0.15) is 17.8 Å². The summed E-state index contributed by atoms with van der Waals surface area (Å²) in [5.74, 6) is 0.905. The van der Waals surface area contributed by atoms with Crippen molar-refractivity contribution in [3.8, 4) is 0 Å². The van der Waals surface area contributed by atoms with Crippen molar-refractivity contribution in [1.29, 1.82) is 0 Å². The van der Waals surface area contributed by atoms with Crippen molar-refractivity contribution in [3.05, 3.63) is 48.9 Å². The molecule has 0 aliphatic carbocycles. The van der Waals surface area contributed by atoms with Gasteiger partial charge in [-0.25, -0.2) is 9.97 Å². The Kier molecular flexibility index (Phi) is 2.26. The lowest BCUT2D eigenvalue weighted by atomic mass is 10.3. The zero-order chi connectivity index (χ0) is 11.7. The van der Waals surface area contributed by atoms with Crippen LogP contribution < -0.4 is 4.90 Å². The standard InChI is InChI=1S/C13H12N4/c1-17(10-5-3-2-4-6-10)13-11-7-8-14-12(11)15-9-16-13/h2-9H,1H3,(H,14,15,16). The summed E-state index contributed by atoms with van der Waals surface area (Å²) in [6.07, 6.45) is 3.45. The molecule has 0 radical (unpaired) electrons. The predicted molar refractivity (Wildman–Crippen MR) is 68.4 cm³/mol. The number of hydrogen-bond acceptors (Lipinski definition) is 3. The largest absolute Gasteiger partial charge is 0.346 e. The summed E-state index contributed by atoms with van der Waals surface area (Å²) in [6, 6.07) is 12.1. The maximum atomic E-state index is 4.35. The Morgan fingerprint density at radius 2 is 1.88 bits per heavy atom. The van der Waals surface area contributed by atoms with Crippen molar-refractivity contribution in [2.75, 3.05) is 11.9 Å². The van der Waals surface area contributed by atoms with E-state index in [0.717, 1.165) is 22.5 Å². The van der Waals surface area contributed by atoms with Gasteiger partial charge < -0.3 is 9.88 Å². The van der Waals surface area contributed by atoms with E-state index in [1.165, 1.54) is 0 Å². The minimum atomic E-state index is 0.859. The van der Waals surface area contributed by atoms with E-state index in [1.54, 1.807) is 6.33 Å². The molecule has 0 aliphatic heterocycles. The summed E-state index contributed by atoms with van der Waals surface area (Å²) in [5, 5.41) is 1.03. The maximum Gasteiger partial charge on any atom is 0.145 e. The molecule has 0 spiro atoms. The Bertz CT molecular complexity index is 630. The van der Waals surface area contributed by atoms with Gasteiger partial charge in [-0.2, -0.15) is 0 Å². The second-order valence-electron chi connectivity index (χ2n) is 3.83. The highest BCUT2D eigenvalue weighted by Gasteiger charge is 2.10. The number of anilines is 2. The van der Waals surface area contributed by atoms with E-state index in [1.807, 2.05) is 37.5 Å². The van der Waals surface area contributed by atoms with Crippen molar-refractivity contribution >= 4 is 22.5 Å². The molecule has 0 atom stereocenters. The molecule has 3 aromatic rings. The summed E-state index contributed by atoms with van der Waals surface area (Å²) in [6.45, 7) is 0. The summed E-state index contributed by atoms with van der Waals surface area (Å²) >= 11 is 0. The number of aromatic nitrogens is 3. The van der Waals surface area contributed by atoms with Crippen molar-refractivity contribution < 1.29 is 0 Å². The number of benzene rings is 1. The smallest absolute Gasteiger partial charge is 0.145 e. The number of rotatable bonds is 2. The highest BCUT2D eigenvalue weighted by Crippen LogP contribution is 2.26. The van der Waals surface area contributed by atoms with Crippen LogP contribution in [0.5, 0.6) is 0 Å². The molecular formula is C13H12N4. The van der Waals surface area contributed by atoms with Gasteiger partial charge in [0.25, 0.3) is 0 Å². The molecule has 4 nitrogen and oxygen atoms in total. The molecule has 17 heavy (non-hydrogen) atoms. The number of para-hydroxylation sites is 1. The molecule has 2 aromatic heterocycles. The van der Waals surface area contributed by atoms with Crippen molar-refractivity contribution in [2.45, 2.75) is 0 Å². The second-order valence-corrected chi connectivity index (χ2v) is 3.83. The lowest BCUT2D eigenvalue weighted by Gasteiger charge is -2.18. The molecule has 0 bridgehead atoms. The average Bonchev–Trinajstić information content (AvgIpc) is 2.87. The Morgan fingerprint density at radius 1 is 1.06 bits per heavy atom. The van der Waals surface area contributed by atoms with Gasteiger partial charge in [-0.15, -0.1) is 0 Å². The third-order valence-corrected chi connectivity index (χ3v) is 2.79. The van der Waals surface area contributed by atoms with Crippen LogP contribution in [0.2, 0.25) is 0 Å². The van der Waals surface area contributed by atoms with Gasteiger partial charge in [-0.3, -0.25) is 0 Å². The Balaban J connectivity index is 2.13. The van der Waals surface area contributed by atoms with Gasteiger partial charge in [0.05, 0.1) is 5.39 Å². The van der Waals surface area contributed by atoms with E-state index in [2.05, 4.69) is 32.0 Å². The fourth-order valence-corrected chi connectivity index (χ4v) is 1.90. The molecule has 0 amide bonds. The van der Waals surface area contributed by atoms with Gasteiger partial charge in [0.15, 0.2) is 0 Å². The predicted octanol–water partition coefficient (Wildman–Crippen LogP) is 2.73. The molecule has 1 N–H and O–H groups in total. The van der Waals surface area contributed by atoms with Crippen LogP contribution in [0, 0.1) is 0 Å². The molecular weight excluding hydrogens is 212 g/mol. The topological polar surface area (TPSA) is 44.8 Å². The van der Waals surface area contributed by atoms with Crippen LogP contribution in [0.1, 0.15) is 0 Å². The van der Waals surface area contributed by atoms with Gasteiger partial charge in [0, 0.05) is 18.9 Å². The number of aromatic amines is 1. The van der Waals surface area contributed by atoms with E-state index in [9.17, 15) is 0 Å². The average molecular weight is 224 g/mol. The van der Waals surface area contributed by atoms with E-state index < -0.39 is 0 Å². The van der Waals surface area contributed by atoms with E-state index >= 15 is 0 Å². The molecule has 3 rings (SSSR count). The van der Waals surface area contributed by atoms with Crippen molar-refractivity contribution in [1.82, 2.24) is 15.0 Å². The third kappa shape index (κ3) is 1.63. The van der Waals surface area contributed by atoms with E-state index in [4.69, 9.17) is 0 Å². The number of nitrogens with one attached hydrogen (secondary N) is 1. The Hall–Kier alpha value is -2.36. The quantitative estimate of drug-likeness (QED) is 0.728. The van der Waals surface area contributed by atoms with Crippen LogP contribution in [0.15, 0.2) is 48.9 Å². The van der Waals surface area contributed by atoms with Gasteiger partial charge >= 0.3 is 0 Å². The molecule has 0 aliphatic rings. The Morgan fingerprint density at radius 3 is 2.71 bits per heavy atom. The van der Waals surface area contributed by atoms with Crippen LogP contribution >= 0.6 is 0 Å². The van der Waals surface area contributed by atoms with Crippen LogP contribution in [-0.2, 0) is 0 Å². The summed E-state index contributed by atoms with van der Waals surface area (Å²) in [4.78, 5) is 13.7. The van der Waals surface area contributed by atoms with Crippen molar-refractivity contribution in [3.63, 3.8) is 0 Å². The number of H-pyrrole nitrogens is 1. The van der Waals surface area contributed by atoms with Gasteiger partial charge in [-0.1, -0.05) is 18.2 Å². The summed E-state index contributed by atoms with van der Waals surface area (Å²) in [7, 11) is 2.00. The first kappa shape index (κ1) is 9.84. The lowest BCUT2D eigenvalue weighted by Crippen LogP contribution is -2.11. The number of fused-ring (bicyclic) bond motifs is 1. The second kappa shape index (κ2) is 3.90. The normalized spacial score (nSPS) is 10.6. The zero-order valence-corrected chi connectivity index (χ0v) is 9.46. The third-order valence-electron chi connectivity index (χ3n) is 2.79. The molecule has 2 heterocycles. The first-order valence-corrected chi connectivity index (χ1v) is 5.43. The summed E-state index contributed by atoms with van der Waals surface area (Å²) < 4.78 is 0. The minimum Gasteiger partial charge on any atom is -0.346 e. The summed E-state index contributed by atoms with van der Waals surface area (Å²) in [5.41, 5.74) is 1.96. The monoisotopic (exact) mass is 224 g/mol. The molecule has 0 fully saturated rings. The fraction of sp³-hybridized carbons (Fsp3) is 0.0769. The zero-order valence-electron chi connectivity index (χ0n) is 9.46. The van der Waals surface area contributed by atoms with Crippen LogP contribution in [0.4, 0.5) is 11.5 Å². The molecule has 4 heteroatoms.